The zero-order valence-corrected chi connectivity index (χ0v) is 32.4. The van der Waals surface area contributed by atoms with Gasteiger partial charge in [-0.1, -0.05) is 102 Å². The predicted molar refractivity (Wildman–Crippen MR) is 212 cm³/mol. The molecule has 1 heterocycles. The fourth-order valence-electron chi connectivity index (χ4n) is 6.04. The van der Waals surface area contributed by atoms with Crippen LogP contribution in [0.5, 0.6) is 11.5 Å². The van der Waals surface area contributed by atoms with E-state index in [0.717, 1.165) is 33.4 Å². The molecule has 1 aliphatic rings. The highest BCUT2D eigenvalue weighted by atomic mass is 35.5. The molecule has 284 valence electrons. The van der Waals surface area contributed by atoms with Gasteiger partial charge in [-0.25, -0.2) is 9.59 Å². The normalized spacial score (nSPS) is 12.9. The number of carbonyl (C=O) groups is 3. The Labute approximate surface area is 331 Å². The summed E-state index contributed by atoms with van der Waals surface area (Å²) < 4.78 is 22.8. The molecule has 1 N–H and O–H groups in total. The van der Waals surface area contributed by atoms with Crippen molar-refractivity contribution in [2.45, 2.75) is 58.5 Å². The summed E-state index contributed by atoms with van der Waals surface area (Å²) in [5, 5.41) is 3.58. The van der Waals surface area contributed by atoms with E-state index in [9.17, 15) is 14.4 Å². The van der Waals surface area contributed by atoms with Gasteiger partial charge in [0.25, 0.3) is 0 Å². The van der Waals surface area contributed by atoms with Crippen molar-refractivity contribution in [3.8, 4) is 22.6 Å². The molecule has 11 heteroatoms. The Morgan fingerprint density at radius 3 is 2.09 bits per heavy atom. The highest BCUT2D eigenvalue weighted by molar-refractivity contribution is 6.42. The van der Waals surface area contributed by atoms with E-state index in [0.29, 0.717) is 53.3 Å². The monoisotopic (exact) mass is 780 g/mol. The molecule has 0 radical (unpaired) electrons. The first-order valence-electron chi connectivity index (χ1n) is 17.9. The minimum Gasteiger partial charge on any atom is -0.489 e. The zero-order valence-electron chi connectivity index (χ0n) is 30.9. The third-order valence-corrected chi connectivity index (χ3v) is 9.65. The van der Waals surface area contributed by atoms with Crippen LogP contribution in [0.3, 0.4) is 0 Å². The molecule has 2 amide bonds. The number of amides is 2. The molecule has 0 aromatic heterocycles. The van der Waals surface area contributed by atoms with Gasteiger partial charge in [0.05, 0.1) is 16.0 Å². The van der Waals surface area contributed by atoms with E-state index in [1.165, 1.54) is 4.90 Å². The Balaban J connectivity index is 1.00. The first-order valence-corrected chi connectivity index (χ1v) is 18.7. The number of carbonyl (C=O) groups excluding carboxylic acids is 3. The van der Waals surface area contributed by atoms with Gasteiger partial charge in [-0.05, 0) is 103 Å². The van der Waals surface area contributed by atoms with Gasteiger partial charge in [0.15, 0.2) is 0 Å². The highest BCUT2D eigenvalue weighted by Crippen LogP contribution is 2.28. The van der Waals surface area contributed by atoms with Crippen molar-refractivity contribution >= 4 is 41.4 Å². The Morgan fingerprint density at radius 1 is 0.727 bits per heavy atom. The van der Waals surface area contributed by atoms with Crippen LogP contribution in [0.4, 0.5) is 9.59 Å². The predicted octanol–water partition coefficient (Wildman–Crippen LogP) is 10.1. The number of nitrogens with zero attached hydrogens (tertiary/aromatic N) is 1. The van der Waals surface area contributed by atoms with Crippen molar-refractivity contribution in [2.24, 2.45) is 0 Å². The summed E-state index contributed by atoms with van der Waals surface area (Å²) >= 11 is 12.1. The summed E-state index contributed by atoms with van der Waals surface area (Å²) in [5.74, 6) is 0.0376. The van der Waals surface area contributed by atoms with Gasteiger partial charge in [0, 0.05) is 19.6 Å². The van der Waals surface area contributed by atoms with Crippen LogP contribution in [-0.4, -0.2) is 41.7 Å². The maximum Gasteiger partial charge on any atom is 0.419 e. The van der Waals surface area contributed by atoms with Crippen molar-refractivity contribution < 1.29 is 33.3 Å². The molecule has 5 aromatic carbocycles. The maximum atomic E-state index is 13.3. The molecule has 1 unspecified atom stereocenters. The largest absolute Gasteiger partial charge is 0.489 e. The second kappa shape index (κ2) is 17.8. The molecule has 0 saturated carbocycles. The number of esters is 1. The Bertz CT molecular complexity index is 2120. The van der Waals surface area contributed by atoms with Crippen LogP contribution >= 0.6 is 23.2 Å². The molecule has 0 spiro atoms. The second-order valence-electron chi connectivity index (χ2n) is 14.2. The SMILES string of the molecule is CC(C)(C)OC(=O)C(CNC(=O)OC(=O)N1CCc2ccc(OCc3ccc(OCc4ccc(Cl)c(Cl)c4)cc3)cc2C1)c1ccc(-c2ccccc2)cc1. The lowest BCUT2D eigenvalue weighted by Gasteiger charge is -2.28. The lowest BCUT2D eigenvalue weighted by molar-refractivity contribution is -0.156. The quantitative estimate of drug-likeness (QED) is 0.105. The smallest absolute Gasteiger partial charge is 0.419 e. The molecule has 0 aliphatic carbocycles. The molecular weight excluding hydrogens is 739 g/mol. The van der Waals surface area contributed by atoms with Crippen molar-refractivity contribution in [1.29, 1.82) is 0 Å². The van der Waals surface area contributed by atoms with Crippen LogP contribution in [0.1, 0.15) is 54.5 Å². The summed E-state index contributed by atoms with van der Waals surface area (Å²) in [6, 6.07) is 36.2. The lowest BCUT2D eigenvalue weighted by Crippen LogP contribution is -2.41. The summed E-state index contributed by atoms with van der Waals surface area (Å²) in [6.07, 6.45) is -1.14. The first kappa shape index (κ1) is 39.2. The molecule has 1 atom stereocenters. The van der Waals surface area contributed by atoms with Crippen LogP contribution in [-0.2, 0) is 40.4 Å². The molecule has 1 aliphatic heterocycles. The number of halogens is 2. The third kappa shape index (κ3) is 11.0. The van der Waals surface area contributed by atoms with Crippen molar-refractivity contribution in [3.63, 3.8) is 0 Å². The van der Waals surface area contributed by atoms with E-state index < -0.39 is 29.7 Å². The summed E-state index contributed by atoms with van der Waals surface area (Å²) in [6.45, 7) is 6.55. The molecule has 5 aromatic rings. The average molecular weight is 782 g/mol. The number of fused-ring (bicyclic) bond motifs is 1. The van der Waals surface area contributed by atoms with Gasteiger partial charge in [-0.2, -0.15) is 0 Å². The number of hydrogen-bond donors (Lipinski definition) is 1. The third-order valence-electron chi connectivity index (χ3n) is 8.91. The van der Waals surface area contributed by atoms with Crippen LogP contribution < -0.4 is 14.8 Å². The number of rotatable bonds is 11. The van der Waals surface area contributed by atoms with E-state index in [1.54, 1.807) is 32.9 Å². The molecule has 6 rings (SSSR count). The standard InChI is InChI=1S/C44H42Cl2N2O7/c1-44(2,3)55-41(49)38(34-14-12-32(13-15-34)31-7-5-4-6-8-31)25-47-42(50)54-43(51)48-22-21-33-16-19-37(24-35(33)26-48)53-27-29-9-17-36(18-10-29)52-28-30-11-20-39(45)40(46)23-30/h4-20,23-24,38H,21-22,25-28H2,1-3H3,(H,47,50). The van der Waals surface area contributed by atoms with E-state index in [-0.39, 0.29) is 13.1 Å². The summed E-state index contributed by atoms with van der Waals surface area (Å²) in [5.41, 5.74) is 5.80. The minimum atomic E-state index is -0.951. The molecule has 0 bridgehead atoms. The van der Waals surface area contributed by atoms with Gasteiger partial charge < -0.3 is 29.2 Å². The summed E-state index contributed by atoms with van der Waals surface area (Å²) in [4.78, 5) is 40.7. The minimum absolute atomic E-state index is 0.121. The topological polar surface area (TPSA) is 103 Å². The van der Waals surface area contributed by atoms with Crippen LogP contribution in [0, 0.1) is 0 Å². The van der Waals surface area contributed by atoms with E-state index >= 15 is 0 Å². The number of nitrogens with one attached hydrogen (secondary N) is 1. The fraction of sp³-hybridized carbons (Fsp3) is 0.250. The lowest BCUT2D eigenvalue weighted by atomic mass is 9.96. The Kier molecular flexibility index (Phi) is 12.6. The van der Waals surface area contributed by atoms with Crippen molar-refractivity contribution in [2.75, 3.05) is 13.1 Å². The van der Waals surface area contributed by atoms with Crippen molar-refractivity contribution in [1.82, 2.24) is 10.2 Å². The molecule has 0 saturated heterocycles. The Hall–Kier alpha value is -5.51. The second-order valence-corrected chi connectivity index (χ2v) is 15.0. The Morgan fingerprint density at radius 2 is 1.38 bits per heavy atom. The van der Waals surface area contributed by atoms with E-state index in [2.05, 4.69) is 5.32 Å². The summed E-state index contributed by atoms with van der Waals surface area (Å²) in [7, 11) is 0. The fourth-order valence-corrected chi connectivity index (χ4v) is 6.36. The molecule has 55 heavy (non-hydrogen) atoms. The van der Waals surface area contributed by atoms with Gasteiger partial charge in [-0.3, -0.25) is 4.79 Å². The maximum absolute atomic E-state index is 13.3. The van der Waals surface area contributed by atoms with Gasteiger partial charge >= 0.3 is 18.2 Å². The number of benzene rings is 5. The molecular formula is C44H42Cl2N2O7. The number of hydrogen-bond acceptors (Lipinski definition) is 7. The zero-order chi connectivity index (χ0) is 39.0. The number of ether oxygens (including phenoxy) is 4. The highest BCUT2D eigenvalue weighted by Gasteiger charge is 2.29. The van der Waals surface area contributed by atoms with Crippen LogP contribution in [0.25, 0.3) is 11.1 Å². The van der Waals surface area contributed by atoms with Crippen molar-refractivity contribution in [3.05, 3.63) is 153 Å². The number of alkyl carbamates (subject to hydrolysis) is 1. The van der Waals surface area contributed by atoms with Gasteiger partial charge in [-0.15, -0.1) is 0 Å². The molecule has 9 nitrogen and oxygen atoms in total. The average Bonchev–Trinajstić information content (AvgIpc) is 3.17. The van der Waals surface area contributed by atoms with Crippen LogP contribution in [0.2, 0.25) is 10.0 Å². The van der Waals surface area contributed by atoms with Crippen LogP contribution in [0.15, 0.2) is 115 Å². The van der Waals surface area contributed by atoms with Gasteiger partial charge in [0.1, 0.15) is 30.3 Å². The molecule has 0 fully saturated rings. The van der Waals surface area contributed by atoms with Gasteiger partial charge in [0.2, 0.25) is 0 Å². The van der Waals surface area contributed by atoms with E-state index in [4.69, 9.17) is 42.1 Å². The first-order chi connectivity index (χ1) is 26.4. The van der Waals surface area contributed by atoms with E-state index in [1.807, 2.05) is 103 Å².